The summed E-state index contributed by atoms with van der Waals surface area (Å²) in [5.74, 6) is -0.214. The number of carbonyl (C=O) groups excluding carboxylic acids is 1. The molecule has 0 saturated heterocycles. The first kappa shape index (κ1) is 18.0. The van der Waals surface area contributed by atoms with Gasteiger partial charge in [-0.2, -0.15) is 0 Å². The number of ether oxygens (including phenoxy) is 1. The predicted molar refractivity (Wildman–Crippen MR) is 109 cm³/mol. The van der Waals surface area contributed by atoms with E-state index in [4.69, 9.17) is 4.74 Å². The fourth-order valence-electron chi connectivity index (χ4n) is 3.49. The molecule has 4 heteroatoms. The van der Waals surface area contributed by atoms with Gasteiger partial charge in [0, 0.05) is 17.6 Å². The van der Waals surface area contributed by atoms with Crippen molar-refractivity contribution < 1.29 is 9.53 Å². The average molecular weight is 422 g/mol. The minimum atomic E-state index is -0.422. The summed E-state index contributed by atoms with van der Waals surface area (Å²) in [5, 5.41) is 0. The lowest BCUT2D eigenvalue weighted by Gasteiger charge is -2.26. The smallest absolute Gasteiger partial charge is 0.328 e. The van der Waals surface area contributed by atoms with E-state index in [9.17, 15) is 4.79 Å². The maximum Gasteiger partial charge on any atom is 0.328 e. The maximum atomic E-state index is 13.1. The quantitative estimate of drug-likeness (QED) is 0.526. The summed E-state index contributed by atoms with van der Waals surface area (Å²) in [6, 6.07) is 25.6. The van der Waals surface area contributed by atoms with Gasteiger partial charge in [-0.3, -0.25) is 4.90 Å². The minimum absolute atomic E-state index is 0.214. The van der Waals surface area contributed by atoms with Crippen LogP contribution in [0.2, 0.25) is 0 Å². The molecule has 0 N–H and O–H groups in total. The van der Waals surface area contributed by atoms with Crippen molar-refractivity contribution >= 4 is 21.9 Å². The van der Waals surface area contributed by atoms with Gasteiger partial charge in [0.2, 0.25) is 0 Å². The van der Waals surface area contributed by atoms with Gasteiger partial charge < -0.3 is 4.74 Å². The molecule has 3 nitrogen and oxygen atoms in total. The minimum Gasteiger partial charge on any atom is -0.459 e. The molecule has 136 valence electrons. The van der Waals surface area contributed by atoms with Gasteiger partial charge in [-0.25, -0.2) is 4.79 Å². The number of benzene rings is 3. The first-order valence-electron chi connectivity index (χ1n) is 8.97. The first-order chi connectivity index (χ1) is 13.2. The molecule has 0 fully saturated rings. The summed E-state index contributed by atoms with van der Waals surface area (Å²) in [7, 11) is 0. The molecule has 0 aliphatic carbocycles. The van der Waals surface area contributed by atoms with E-state index in [-0.39, 0.29) is 12.6 Å². The van der Waals surface area contributed by atoms with E-state index in [2.05, 4.69) is 33.0 Å². The van der Waals surface area contributed by atoms with Crippen molar-refractivity contribution in [2.24, 2.45) is 0 Å². The fourth-order valence-corrected chi connectivity index (χ4v) is 3.76. The van der Waals surface area contributed by atoms with Crippen molar-refractivity contribution in [3.63, 3.8) is 0 Å². The molecular formula is C23H20BrNO2. The highest BCUT2D eigenvalue weighted by molar-refractivity contribution is 9.10. The van der Waals surface area contributed by atoms with Crippen LogP contribution in [0.25, 0.3) is 0 Å². The zero-order valence-electron chi connectivity index (χ0n) is 14.8. The van der Waals surface area contributed by atoms with Gasteiger partial charge in [-0.15, -0.1) is 0 Å². The molecule has 1 aliphatic rings. The number of nitrogens with zero attached hydrogens (tertiary/aromatic N) is 1. The Labute approximate surface area is 167 Å². The molecule has 0 unspecified atom stereocenters. The number of hydrogen-bond acceptors (Lipinski definition) is 3. The second-order valence-electron chi connectivity index (χ2n) is 6.72. The van der Waals surface area contributed by atoms with Gasteiger partial charge in [-0.05, 0) is 34.4 Å². The van der Waals surface area contributed by atoms with E-state index in [1.54, 1.807) is 0 Å². The molecular weight excluding hydrogens is 402 g/mol. The maximum absolute atomic E-state index is 13.1. The molecule has 27 heavy (non-hydrogen) atoms. The summed E-state index contributed by atoms with van der Waals surface area (Å²) in [4.78, 5) is 15.2. The van der Waals surface area contributed by atoms with E-state index in [0.717, 1.165) is 28.7 Å². The third-order valence-electron chi connectivity index (χ3n) is 4.86. The number of rotatable bonds is 5. The van der Waals surface area contributed by atoms with Crippen LogP contribution in [0, 0.1) is 0 Å². The van der Waals surface area contributed by atoms with Crippen LogP contribution >= 0.6 is 15.9 Å². The molecule has 4 rings (SSSR count). The van der Waals surface area contributed by atoms with Gasteiger partial charge in [0.05, 0.1) is 0 Å². The number of carbonyl (C=O) groups is 1. The van der Waals surface area contributed by atoms with Gasteiger partial charge in [-0.1, -0.05) is 82.7 Å². The Hall–Kier alpha value is -2.43. The number of esters is 1. The number of halogens is 1. The standard InChI is InChI=1S/C23H20BrNO2/c24-21-12-10-18(11-13-21)22(23(26)27-16-17-6-2-1-3-7-17)25-14-19-8-4-5-9-20(19)15-25/h1-13,22H,14-16H2/t22-/m0/s1. The third kappa shape index (κ3) is 4.12. The van der Waals surface area contributed by atoms with Crippen molar-refractivity contribution in [1.29, 1.82) is 0 Å². The number of hydrogen-bond donors (Lipinski definition) is 0. The normalized spacial score (nSPS) is 14.6. The molecule has 1 aliphatic heterocycles. The molecule has 0 bridgehead atoms. The van der Waals surface area contributed by atoms with Crippen molar-refractivity contribution in [2.75, 3.05) is 0 Å². The molecule has 1 heterocycles. The zero-order valence-corrected chi connectivity index (χ0v) is 16.4. The highest BCUT2D eigenvalue weighted by Gasteiger charge is 2.33. The molecule has 3 aromatic carbocycles. The van der Waals surface area contributed by atoms with E-state index in [0.29, 0.717) is 0 Å². The summed E-state index contributed by atoms with van der Waals surface area (Å²) < 4.78 is 6.69. The Morgan fingerprint density at radius 2 is 1.48 bits per heavy atom. The van der Waals surface area contributed by atoms with Crippen LogP contribution in [0.5, 0.6) is 0 Å². The van der Waals surface area contributed by atoms with E-state index in [1.165, 1.54) is 11.1 Å². The Morgan fingerprint density at radius 1 is 0.889 bits per heavy atom. The fraction of sp³-hybridized carbons (Fsp3) is 0.174. The van der Waals surface area contributed by atoms with Crippen LogP contribution in [-0.2, 0) is 29.2 Å². The van der Waals surface area contributed by atoms with Gasteiger partial charge in [0.1, 0.15) is 12.6 Å². The summed E-state index contributed by atoms with van der Waals surface area (Å²) in [6.07, 6.45) is 0. The summed E-state index contributed by atoms with van der Waals surface area (Å²) in [6.45, 7) is 1.78. The van der Waals surface area contributed by atoms with Gasteiger partial charge in [0.15, 0.2) is 0 Å². The zero-order chi connectivity index (χ0) is 18.6. The van der Waals surface area contributed by atoms with Crippen LogP contribution in [0.1, 0.15) is 28.3 Å². The SMILES string of the molecule is O=C(OCc1ccccc1)[C@H](c1ccc(Br)cc1)N1Cc2ccccc2C1. The van der Waals surface area contributed by atoms with Gasteiger partial charge in [0.25, 0.3) is 0 Å². The molecule has 1 atom stereocenters. The molecule has 0 saturated carbocycles. The monoisotopic (exact) mass is 421 g/mol. The van der Waals surface area contributed by atoms with Crippen molar-refractivity contribution in [2.45, 2.75) is 25.7 Å². The largest absolute Gasteiger partial charge is 0.459 e. The molecule has 0 spiro atoms. The van der Waals surface area contributed by atoms with E-state index in [1.807, 2.05) is 66.7 Å². The molecule has 0 aromatic heterocycles. The molecule has 0 amide bonds. The second kappa shape index (κ2) is 8.07. The Balaban J connectivity index is 1.57. The predicted octanol–water partition coefficient (Wildman–Crippen LogP) is 5.25. The lowest BCUT2D eigenvalue weighted by Crippen LogP contribution is -2.31. The van der Waals surface area contributed by atoms with Crippen LogP contribution < -0.4 is 0 Å². The molecule has 3 aromatic rings. The van der Waals surface area contributed by atoms with Crippen LogP contribution in [0.3, 0.4) is 0 Å². The van der Waals surface area contributed by atoms with E-state index < -0.39 is 6.04 Å². The van der Waals surface area contributed by atoms with Gasteiger partial charge >= 0.3 is 5.97 Å². The topological polar surface area (TPSA) is 29.5 Å². The highest BCUT2D eigenvalue weighted by atomic mass is 79.9. The van der Waals surface area contributed by atoms with Crippen molar-refractivity contribution in [3.8, 4) is 0 Å². The Kier molecular flexibility index (Phi) is 5.37. The Morgan fingerprint density at radius 3 is 2.11 bits per heavy atom. The van der Waals surface area contributed by atoms with Crippen LogP contribution in [-0.4, -0.2) is 10.9 Å². The lowest BCUT2D eigenvalue weighted by atomic mass is 10.1. The summed E-state index contributed by atoms with van der Waals surface area (Å²) >= 11 is 3.47. The Bertz CT molecular complexity index is 900. The van der Waals surface area contributed by atoms with Crippen LogP contribution in [0.15, 0.2) is 83.3 Å². The van der Waals surface area contributed by atoms with Crippen molar-refractivity contribution in [3.05, 3.63) is 106 Å². The average Bonchev–Trinajstić information content (AvgIpc) is 3.12. The summed E-state index contributed by atoms with van der Waals surface area (Å²) in [5.41, 5.74) is 4.49. The third-order valence-corrected chi connectivity index (χ3v) is 5.39. The van der Waals surface area contributed by atoms with Crippen molar-refractivity contribution in [1.82, 2.24) is 4.90 Å². The lowest BCUT2D eigenvalue weighted by molar-refractivity contribution is -0.152. The van der Waals surface area contributed by atoms with Crippen LogP contribution in [0.4, 0.5) is 0 Å². The second-order valence-corrected chi connectivity index (χ2v) is 7.64. The molecule has 0 radical (unpaired) electrons. The van der Waals surface area contributed by atoms with E-state index >= 15 is 0 Å². The highest BCUT2D eigenvalue weighted by Crippen LogP contribution is 2.33. The number of fused-ring (bicyclic) bond motifs is 1. The first-order valence-corrected chi connectivity index (χ1v) is 9.77.